The topological polar surface area (TPSA) is 37.3 Å². The number of carbonyl (C=O) groups is 1. The van der Waals surface area contributed by atoms with Gasteiger partial charge in [-0.15, -0.1) is 0 Å². The van der Waals surface area contributed by atoms with E-state index in [1.54, 1.807) is 11.8 Å². The van der Waals surface area contributed by atoms with Crippen LogP contribution in [0.25, 0.3) is 0 Å². The van der Waals surface area contributed by atoms with Crippen molar-refractivity contribution >= 4 is 17.7 Å². The number of halogens is 1. The molecule has 1 aliphatic carbocycles. The van der Waals surface area contributed by atoms with E-state index in [2.05, 4.69) is 0 Å². The SMILES string of the molecule is O=C(O)c1ccc(F)c(CSC2CCCC2)c1. The normalized spacial score (nSPS) is 16.3. The first-order valence-corrected chi connectivity index (χ1v) is 6.85. The van der Waals surface area contributed by atoms with Crippen LogP contribution in [0.2, 0.25) is 0 Å². The molecular weight excluding hydrogens is 239 g/mol. The Labute approximate surface area is 104 Å². The van der Waals surface area contributed by atoms with Crippen LogP contribution < -0.4 is 0 Å². The summed E-state index contributed by atoms with van der Waals surface area (Å²) < 4.78 is 13.5. The molecule has 1 aliphatic rings. The van der Waals surface area contributed by atoms with Crippen molar-refractivity contribution in [3.8, 4) is 0 Å². The van der Waals surface area contributed by atoms with Crippen molar-refractivity contribution in [1.82, 2.24) is 0 Å². The van der Waals surface area contributed by atoms with Crippen LogP contribution in [-0.2, 0) is 5.75 Å². The smallest absolute Gasteiger partial charge is 0.335 e. The van der Waals surface area contributed by atoms with Crippen molar-refractivity contribution in [3.05, 3.63) is 35.1 Å². The summed E-state index contributed by atoms with van der Waals surface area (Å²) in [6.07, 6.45) is 4.92. The standard InChI is InChI=1S/C13H15FO2S/c14-12-6-5-9(13(15)16)7-10(12)8-17-11-3-1-2-4-11/h5-7,11H,1-4,8H2,(H,15,16). The van der Waals surface area contributed by atoms with Crippen LogP contribution in [0.3, 0.4) is 0 Å². The minimum Gasteiger partial charge on any atom is -0.478 e. The monoisotopic (exact) mass is 254 g/mol. The molecule has 0 saturated heterocycles. The lowest BCUT2D eigenvalue weighted by atomic mass is 10.1. The van der Waals surface area contributed by atoms with E-state index in [-0.39, 0.29) is 11.4 Å². The first kappa shape index (κ1) is 12.4. The fourth-order valence-corrected chi connectivity index (χ4v) is 3.38. The highest BCUT2D eigenvalue weighted by Crippen LogP contribution is 2.32. The average molecular weight is 254 g/mol. The Kier molecular flexibility index (Phi) is 4.05. The van der Waals surface area contributed by atoms with Crippen LogP contribution in [0.1, 0.15) is 41.6 Å². The van der Waals surface area contributed by atoms with Crippen molar-refractivity contribution in [2.24, 2.45) is 0 Å². The molecule has 1 fully saturated rings. The summed E-state index contributed by atoms with van der Waals surface area (Å²) in [5, 5.41) is 9.46. The molecule has 0 atom stereocenters. The first-order valence-electron chi connectivity index (χ1n) is 5.80. The van der Waals surface area contributed by atoms with Crippen LogP contribution in [-0.4, -0.2) is 16.3 Å². The molecule has 92 valence electrons. The zero-order chi connectivity index (χ0) is 12.3. The van der Waals surface area contributed by atoms with Gasteiger partial charge in [-0.25, -0.2) is 9.18 Å². The van der Waals surface area contributed by atoms with E-state index < -0.39 is 5.97 Å². The summed E-state index contributed by atoms with van der Waals surface area (Å²) >= 11 is 1.74. The zero-order valence-electron chi connectivity index (χ0n) is 9.49. The summed E-state index contributed by atoms with van der Waals surface area (Å²) in [6.45, 7) is 0. The molecule has 0 spiro atoms. The Bertz CT molecular complexity index is 414. The van der Waals surface area contributed by atoms with E-state index >= 15 is 0 Å². The maximum absolute atomic E-state index is 13.5. The van der Waals surface area contributed by atoms with Gasteiger partial charge in [0, 0.05) is 11.0 Å². The van der Waals surface area contributed by atoms with Crippen LogP contribution in [0, 0.1) is 5.82 Å². The largest absolute Gasteiger partial charge is 0.478 e. The van der Waals surface area contributed by atoms with Crippen molar-refractivity contribution in [1.29, 1.82) is 0 Å². The van der Waals surface area contributed by atoms with Gasteiger partial charge in [0.2, 0.25) is 0 Å². The highest BCUT2D eigenvalue weighted by atomic mass is 32.2. The van der Waals surface area contributed by atoms with Crippen LogP contribution in [0.15, 0.2) is 18.2 Å². The van der Waals surface area contributed by atoms with Gasteiger partial charge in [-0.2, -0.15) is 11.8 Å². The van der Waals surface area contributed by atoms with E-state index in [0.29, 0.717) is 16.6 Å². The fraction of sp³-hybridized carbons (Fsp3) is 0.462. The molecular formula is C13H15FO2S. The number of hydrogen-bond donors (Lipinski definition) is 1. The van der Waals surface area contributed by atoms with Crippen LogP contribution in [0.5, 0.6) is 0 Å². The Morgan fingerprint density at radius 3 is 2.76 bits per heavy atom. The van der Waals surface area contributed by atoms with Crippen LogP contribution >= 0.6 is 11.8 Å². The van der Waals surface area contributed by atoms with Gasteiger partial charge in [0.1, 0.15) is 5.82 Å². The van der Waals surface area contributed by atoms with Gasteiger partial charge < -0.3 is 5.11 Å². The Hall–Kier alpha value is -1.03. The third kappa shape index (κ3) is 3.22. The molecule has 1 aromatic rings. The van der Waals surface area contributed by atoms with E-state index in [0.717, 1.165) is 0 Å². The third-order valence-electron chi connectivity index (χ3n) is 3.07. The van der Waals surface area contributed by atoms with E-state index in [1.165, 1.54) is 43.9 Å². The van der Waals surface area contributed by atoms with Gasteiger partial charge in [-0.3, -0.25) is 0 Å². The lowest BCUT2D eigenvalue weighted by Gasteiger charge is -2.09. The number of rotatable bonds is 4. The molecule has 1 aromatic carbocycles. The van der Waals surface area contributed by atoms with E-state index in [4.69, 9.17) is 5.11 Å². The minimum absolute atomic E-state index is 0.161. The van der Waals surface area contributed by atoms with Crippen molar-refractivity contribution < 1.29 is 14.3 Å². The molecule has 17 heavy (non-hydrogen) atoms. The molecule has 0 unspecified atom stereocenters. The Morgan fingerprint density at radius 1 is 1.41 bits per heavy atom. The lowest BCUT2D eigenvalue weighted by Crippen LogP contribution is -2.01. The predicted molar refractivity (Wildman–Crippen MR) is 66.9 cm³/mol. The molecule has 1 saturated carbocycles. The number of aromatic carboxylic acids is 1. The van der Waals surface area contributed by atoms with E-state index in [9.17, 15) is 9.18 Å². The molecule has 0 aromatic heterocycles. The maximum atomic E-state index is 13.5. The quantitative estimate of drug-likeness (QED) is 0.890. The third-order valence-corrected chi connectivity index (χ3v) is 4.49. The second-order valence-corrected chi connectivity index (χ2v) is 5.62. The van der Waals surface area contributed by atoms with Crippen molar-refractivity contribution in [3.63, 3.8) is 0 Å². The van der Waals surface area contributed by atoms with Gasteiger partial charge in [0.25, 0.3) is 0 Å². The number of thioether (sulfide) groups is 1. The molecule has 0 radical (unpaired) electrons. The zero-order valence-corrected chi connectivity index (χ0v) is 10.3. The fourth-order valence-electron chi connectivity index (χ4n) is 2.08. The van der Waals surface area contributed by atoms with Gasteiger partial charge >= 0.3 is 5.97 Å². The molecule has 1 N–H and O–H groups in total. The number of hydrogen-bond acceptors (Lipinski definition) is 2. The molecule has 0 aliphatic heterocycles. The predicted octanol–water partition coefficient (Wildman–Crippen LogP) is 3.70. The number of carboxylic acids is 1. The lowest BCUT2D eigenvalue weighted by molar-refractivity contribution is 0.0696. The Balaban J connectivity index is 2.03. The van der Waals surface area contributed by atoms with Gasteiger partial charge in [0.05, 0.1) is 5.56 Å². The highest BCUT2D eigenvalue weighted by molar-refractivity contribution is 7.99. The number of benzene rings is 1. The highest BCUT2D eigenvalue weighted by Gasteiger charge is 2.16. The molecule has 0 heterocycles. The second-order valence-electron chi connectivity index (χ2n) is 4.33. The maximum Gasteiger partial charge on any atom is 0.335 e. The summed E-state index contributed by atoms with van der Waals surface area (Å²) in [4.78, 5) is 10.8. The first-order chi connectivity index (χ1) is 8.16. The van der Waals surface area contributed by atoms with Gasteiger partial charge in [-0.1, -0.05) is 12.8 Å². The molecule has 2 rings (SSSR count). The van der Waals surface area contributed by atoms with Crippen LogP contribution in [0.4, 0.5) is 4.39 Å². The van der Waals surface area contributed by atoms with Gasteiger partial charge in [-0.05, 0) is 36.6 Å². The van der Waals surface area contributed by atoms with E-state index in [1.807, 2.05) is 0 Å². The molecule has 0 amide bonds. The van der Waals surface area contributed by atoms with Gasteiger partial charge in [0.15, 0.2) is 0 Å². The molecule has 0 bridgehead atoms. The van der Waals surface area contributed by atoms with Crippen molar-refractivity contribution in [2.75, 3.05) is 0 Å². The molecule has 2 nitrogen and oxygen atoms in total. The summed E-state index contributed by atoms with van der Waals surface area (Å²) in [7, 11) is 0. The summed E-state index contributed by atoms with van der Waals surface area (Å²) in [5.41, 5.74) is 0.662. The summed E-state index contributed by atoms with van der Waals surface area (Å²) in [6, 6.07) is 4.00. The second kappa shape index (κ2) is 5.54. The average Bonchev–Trinajstić information content (AvgIpc) is 2.80. The number of carboxylic acid groups (broad SMARTS) is 1. The van der Waals surface area contributed by atoms with Crippen molar-refractivity contribution in [2.45, 2.75) is 36.7 Å². The summed E-state index contributed by atoms with van der Waals surface area (Å²) in [5.74, 6) is -0.741. The molecule has 4 heteroatoms. The Morgan fingerprint density at radius 2 is 2.12 bits per heavy atom. The minimum atomic E-state index is -1.00.